The number of aliphatic hydroxyl groups is 1. The summed E-state index contributed by atoms with van der Waals surface area (Å²) in [5, 5.41) is 12.6. The van der Waals surface area contributed by atoms with Crippen LogP contribution in [0, 0.1) is 0 Å². The highest BCUT2D eigenvalue weighted by Gasteiger charge is 2.55. The molecule has 126 valence electrons. The molecule has 0 spiro atoms. The number of nitrogens with zero attached hydrogens (tertiary/aromatic N) is 2. The third-order valence-electron chi connectivity index (χ3n) is 3.52. The van der Waals surface area contributed by atoms with Gasteiger partial charge in [0.05, 0.1) is 18.2 Å². The number of carbonyl (C=O) groups excluding carboxylic acids is 2. The molecule has 2 aliphatic rings. The Labute approximate surface area is 131 Å². The summed E-state index contributed by atoms with van der Waals surface area (Å²) < 4.78 is 10.7. The molecule has 1 aliphatic carbocycles. The highest BCUT2D eigenvalue weighted by atomic mass is 16.6. The fourth-order valence-electron chi connectivity index (χ4n) is 2.84. The first-order valence-electron chi connectivity index (χ1n) is 7.61. The Bertz CT molecular complexity index is 466. The largest absolute Gasteiger partial charge is 0.442 e. The lowest BCUT2D eigenvalue weighted by Crippen LogP contribution is -2.58. The van der Waals surface area contributed by atoms with Gasteiger partial charge >= 0.3 is 12.2 Å². The SMILES string of the molecule is CC(C)(C)OC(=O)N1[C@@H]2C[C@@H](O)[C@@H](C2)N1C(=O)OC(C)(C)C. The molecule has 1 saturated heterocycles. The molecular weight excluding hydrogens is 288 g/mol. The standard InChI is InChI=1S/C15H26N2O5/c1-14(2,3)21-12(19)16-9-7-10(11(18)8-9)17(16)13(20)22-15(4,5)6/h9-11,18H,7-8H2,1-6H3/t9-,10+,11+/m0/s1. The van der Waals surface area contributed by atoms with Gasteiger partial charge in [0.1, 0.15) is 11.2 Å². The Balaban J connectivity index is 2.20. The van der Waals surface area contributed by atoms with Crippen LogP contribution < -0.4 is 0 Å². The summed E-state index contributed by atoms with van der Waals surface area (Å²) in [6.07, 6.45) is -0.873. The van der Waals surface area contributed by atoms with Crippen molar-refractivity contribution in [1.29, 1.82) is 0 Å². The Kier molecular flexibility index (Phi) is 4.06. The average Bonchev–Trinajstić information content (AvgIpc) is 2.79. The normalized spacial score (nSPS) is 28.0. The van der Waals surface area contributed by atoms with E-state index in [9.17, 15) is 14.7 Å². The zero-order chi connectivity index (χ0) is 16.9. The Morgan fingerprint density at radius 2 is 1.36 bits per heavy atom. The quantitative estimate of drug-likeness (QED) is 0.742. The van der Waals surface area contributed by atoms with Gasteiger partial charge in [-0.2, -0.15) is 0 Å². The fourth-order valence-corrected chi connectivity index (χ4v) is 2.84. The fraction of sp³-hybridized carbons (Fsp3) is 0.867. The van der Waals surface area contributed by atoms with E-state index >= 15 is 0 Å². The predicted molar refractivity (Wildman–Crippen MR) is 79.0 cm³/mol. The van der Waals surface area contributed by atoms with Crippen LogP contribution in [0.25, 0.3) is 0 Å². The van der Waals surface area contributed by atoms with E-state index in [1.54, 1.807) is 41.5 Å². The van der Waals surface area contributed by atoms with Gasteiger partial charge in [-0.25, -0.2) is 19.6 Å². The van der Waals surface area contributed by atoms with Gasteiger partial charge in [-0.3, -0.25) is 0 Å². The minimum atomic E-state index is -0.677. The Morgan fingerprint density at radius 3 is 1.82 bits per heavy atom. The minimum Gasteiger partial charge on any atom is -0.442 e. The average molecular weight is 314 g/mol. The van der Waals surface area contributed by atoms with Crippen molar-refractivity contribution in [2.45, 2.75) is 83.8 Å². The number of hydrazine groups is 1. The van der Waals surface area contributed by atoms with Crippen molar-refractivity contribution in [3.8, 4) is 0 Å². The molecule has 0 aromatic carbocycles. The zero-order valence-corrected chi connectivity index (χ0v) is 14.1. The van der Waals surface area contributed by atoms with Crippen molar-refractivity contribution in [2.75, 3.05) is 0 Å². The van der Waals surface area contributed by atoms with Gasteiger partial charge in [0.15, 0.2) is 0 Å². The second-order valence-electron chi connectivity index (χ2n) is 7.91. The first-order valence-corrected chi connectivity index (χ1v) is 7.61. The number of rotatable bonds is 0. The highest BCUT2D eigenvalue weighted by Crippen LogP contribution is 2.39. The topological polar surface area (TPSA) is 79.3 Å². The molecule has 22 heavy (non-hydrogen) atoms. The third kappa shape index (κ3) is 3.45. The predicted octanol–water partition coefficient (Wildman–Crippen LogP) is 2.28. The summed E-state index contributed by atoms with van der Waals surface area (Å²) in [7, 11) is 0. The smallest absolute Gasteiger partial charge is 0.429 e. The van der Waals surface area contributed by atoms with E-state index in [-0.39, 0.29) is 6.04 Å². The number of carbonyl (C=O) groups is 2. The second-order valence-corrected chi connectivity index (χ2v) is 7.91. The van der Waals surface area contributed by atoms with E-state index in [1.807, 2.05) is 0 Å². The summed E-state index contributed by atoms with van der Waals surface area (Å²) in [5.74, 6) is 0. The Hall–Kier alpha value is -1.50. The lowest BCUT2D eigenvalue weighted by molar-refractivity contribution is -0.0986. The van der Waals surface area contributed by atoms with Gasteiger partial charge in [0.2, 0.25) is 0 Å². The zero-order valence-electron chi connectivity index (χ0n) is 14.1. The summed E-state index contributed by atoms with van der Waals surface area (Å²) in [4.78, 5) is 24.8. The van der Waals surface area contributed by atoms with Crippen LogP contribution in [0.5, 0.6) is 0 Å². The number of amides is 2. The maximum Gasteiger partial charge on any atom is 0.429 e. The van der Waals surface area contributed by atoms with Crippen LogP contribution in [-0.2, 0) is 9.47 Å². The molecule has 2 bridgehead atoms. The van der Waals surface area contributed by atoms with Gasteiger partial charge < -0.3 is 14.6 Å². The van der Waals surface area contributed by atoms with Gasteiger partial charge in [0, 0.05) is 0 Å². The van der Waals surface area contributed by atoms with Crippen LogP contribution in [0.3, 0.4) is 0 Å². The van der Waals surface area contributed by atoms with Crippen LogP contribution in [-0.4, -0.2) is 56.7 Å². The molecule has 0 radical (unpaired) electrons. The molecule has 3 atom stereocenters. The summed E-state index contributed by atoms with van der Waals surface area (Å²) in [5.41, 5.74) is -1.33. The van der Waals surface area contributed by atoms with Crippen LogP contribution in [0.4, 0.5) is 9.59 Å². The van der Waals surface area contributed by atoms with Crippen LogP contribution in [0.2, 0.25) is 0 Å². The third-order valence-corrected chi connectivity index (χ3v) is 3.52. The van der Waals surface area contributed by atoms with Gasteiger partial charge in [-0.1, -0.05) is 0 Å². The summed E-state index contributed by atoms with van der Waals surface area (Å²) >= 11 is 0. The first kappa shape index (κ1) is 16.9. The Morgan fingerprint density at radius 1 is 0.909 bits per heavy atom. The molecule has 0 aromatic rings. The molecular formula is C15H26N2O5. The summed E-state index contributed by atoms with van der Waals surface area (Å²) in [6, 6.07) is -0.672. The molecule has 0 aromatic heterocycles. The van der Waals surface area contributed by atoms with E-state index in [1.165, 1.54) is 10.0 Å². The molecule has 2 fully saturated rings. The molecule has 1 heterocycles. The van der Waals surface area contributed by atoms with Gasteiger partial charge in [-0.05, 0) is 54.4 Å². The molecule has 1 aliphatic heterocycles. The second kappa shape index (κ2) is 5.30. The number of aliphatic hydroxyl groups excluding tert-OH is 1. The molecule has 7 heteroatoms. The van der Waals surface area contributed by atoms with Crippen molar-refractivity contribution < 1.29 is 24.2 Å². The molecule has 7 nitrogen and oxygen atoms in total. The maximum absolute atomic E-state index is 12.4. The monoisotopic (exact) mass is 314 g/mol. The van der Waals surface area contributed by atoms with Crippen molar-refractivity contribution in [3.63, 3.8) is 0 Å². The van der Waals surface area contributed by atoms with E-state index < -0.39 is 35.5 Å². The molecule has 2 amide bonds. The molecule has 2 rings (SSSR count). The lowest BCUT2D eigenvalue weighted by Gasteiger charge is -2.40. The maximum atomic E-state index is 12.4. The van der Waals surface area contributed by atoms with E-state index in [0.717, 1.165) is 0 Å². The van der Waals surface area contributed by atoms with Crippen molar-refractivity contribution in [3.05, 3.63) is 0 Å². The van der Waals surface area contributed by atoms with Crippen LogP contribution in [0.15, 0.2) is 0 Å². The number of ether oxygens (including phenoxy) is 2. The lowest BCUT2D eigenvalue weighted by atomic mass is 10.2. The van der Waals surface area contributed by atoms with Crippen molar-refractivity contribution in [2.24, 2.45) is 0 Å². The van der Waals surface area contributed by atoms with Gasteiger partial charge in [-0.15, -0.1) is 0 Å². The van der Waals surface area contributed by atoms with Gasteiger partial charge in [0.25, 0.3) is 0 Å². The minimum absolute atomic E-state index is 0.234. The van der Waals surface area contributed by atoms with E-state index in [4.69, 9.17) is 9.47 Å². The first-order chi connectivity index (χ1) is 9.89. The van der Waals surface area contributed by atoms with Crippen molar-refractivity contribution >= 4 is 12.2 Å². The van der Waals surface area contributed by atoms with E-state index in [0.29, 0.717) is 12.8 Å². The van der Waals surface area contributed by atoms with Crippen LogP contribution >= 0.6 is 0 Å². The molecule has 1 saturated carbocycles. The van der Waals surface area contributed by atoms with Crippen LogP contribution in [0.1, 0.15) is 54.4 Å². The highest BCUT2D eigenvalue weighted by molar-refractivity contribution is 5.76. The van der Waals surface area contributed by atoms with E-state index in [2.05, 4.69) is 0 Å². The number of hydrogen-bond donors (Lipinski definition) is 1. The molecule has 1 N–H and O–H groups in total. The number of hydrogen-bond acceptors (Lipinski definition) is 5. The number of fused-ring (bicyclic) bond motifs is 2. The summed E-state index contributed by atoms with van der Waals surface area (Å²) in [6.45, 7) is 10.6. The van der Waals surface area contributed by atoms with Crippen molar-refractivity contribution in [1.82, 2.24) is 10.0 Å². The molecule has 0 unspecified atom stereocenters.